The number of para-hydroxylation sites is 2. The molecule has 0 bridgehead atoms. The predicted molar refractivity (Wildman–Crippen MR) is 93.7 cm³/mol. The summed E-state index contributed by atoms with van der Waals surface area (Å²) in [7, 11) is 1.61. The molecule has 1 aliphatic rings. The molecule has 2 amide bonds. The number of carbonyl (C=O) groups excluding carboxylic acids is 2. The highest BCUT2D eigenvalue weighted by Gasteiger charge is 2.32. The van der Waals surface area contributed by atoms with Crippen LogP contribution in [0.5, 0.6) is 11.5 Å². The topological polar surface area (TPSA) is 67.9 Å². The number of fused-ring (bicyclic) bond motifs is 1. The molecular formula is C19H20N2O4. The minimum Gasteiger partial charge on any atom is -0.497 e. The van der Waals surface area contributed by atoms with Crippen LogP contribution in [0, 0.1) is 0 Å². The molecule has 0 aromatic heterocycles. The SMILES string of the molecule is COc1ccc(CNC(=O)[C@H]2CN(C(C)=O)c3ccccc3O2)cc1. The van der Waals surface area contributed by atoms with E-state index in [9.17, 15) is 9.59 Å². The fourth-order valence-corrected chi connectivity index (χ4v) is 2.72. The second-order valence-electron chi connectivity index (χ2n) is 5.77. The lowest BCUT2D eigenvalue weighted by molar-refractivity contribution is -0.128. The molecule has 0 aliphatic carbocycles. The number of nitrogens with zero attached hydrogens (tertiary/aromatic N) is 1. The van der Waals surface area contributed by atoms with Crippen LogP contribution >= 0.6 is 0 Å². The molecule has 0 fully saturated rings. The van der Waals surface area contributed by atoms with Crippen LogP contribution in [0.4, 0.5) is 5.69 Å². The van der Waals surface area contributed by atoms with Gasteiger partial charge in [0.15, 0.2) is 6.10 Å². The van der Waals surface area contributed by atoms with Gasteiger partial charge in [0.1, 0.15) is 11.5 Å². The summed E-state index contributed by atoms with van der Waals surface area (Å²) in [6, 6.07) is 14.7. The first-order valence-corrected chi connectivity index (χ1v) is 8.03. The van der Waals surface area contributed by atoms with E-state index in [-0.39, 0.29) is 18.4 Å². The van der Waals surface area contributed by atoms with Gasteiger partial charge >= 0.3 is 0 Å². The van der Waals surface area contributed by atoms with Gasteiger partial charge in [-0.15, -0.1) is 0 Å². The van der Waals surface area contributed by atoms with Crippen LogP contribution in [-0.2, 0) is 16.1 Å². The van der Waals surface area contributed by atoms with Crippen molar-refractivity contribution in [3.8, 4) is 11.5 Å². The molecule has 0 radical (unpaired) electrons. The van der Waals surface area contributed by atoms with Gasteiger partial charge in [-0.25, -0.2) is 0 Å². The van der Waals surface area contributed by atoms with Crippen molar-refractivity contribution in [2.45, 2.75) is 19.6 Å². The summed E-state index contributed by atoms with van der Waals surface area (Å²) in [5, 5.41) is 2.85. The number of anilines is 1. The van der Waals surface area contributed by atoms with Gasteiger partial charge in [-0.2, -0.15) is 0 Å². The smallest absolute Gasteiger partial charge is 0.263 e. The lowest BCUT2D eigenvalue weighted by atomic mass is 10.1. The number of rotatable bonds is 4. The predicted octanol–water partition coefficient (Wildman–Crippen LogP) is 2.13. The Bertz CT molecular complexity index is 773. The monoisotopic (exact) mass is 340 g/mol. The Morgan fingerprint density at radius 3 is 2.60 bits per heavy atom. The molecular weight excluding hydrogens is 320 g/mol. The van der Waals surface area contributed by atoms with Gasteiger partial charge in [0.25, 0.3) is 5.91 Å². The molecule has 1 atom stereocenters. The van der Waals surface area contributed by atoms with Crippen LogP contribution in [0.15, 0.2) is 48.5 Å². The fraction of sp³-hybridized carbons (Fsp3) is 0.263. The van der Waals surface area contributed by atoms with Crippen LogP contribution < -0.4 is 19.7 Å². The number of nitrogens with one attached hydrogen (secondary N) is 1. The van der Waals surface area contributed by atoms with Crippen LogP contribution in [0.2, 0.25) is 0 Å². The van der Waals surface area contributed by atoms with Gasteiger partial charge in [-0.3, -0.25) is 9.59 Å². The van der Waals surface area contributed by atoms with Crippen LogP contribution in [-0.4, -0.2) is 31.6 Å². The standard InChI is InChI=1S/C19H20N2O4/c1-13(22)21-12-18(25-17-6-4-3-5-16(17)21)19(23)20-11-14-7-9-15(24-2)10-8-14/h3-10,18H,11-12H2,1-2H3,(H,20,23)/t18-/m1/s1. The summed E-state index contributed by atoms with van der Waals surface area (Å²) in [4.78, 5) is 25.9. The molecule has 25 heavy (non-hydrogen) atoms. The van der Waals surface area contributed by atoms with E-state index in [1.807, 2.05) is 42.5 Å². The number of hydrogen-bond donors (Lipinski definition) is 1. The maximum Gasteiger partial charge on any atom is 0.263 e. The Morgan fingerprint density at radius 2 is 1.92 bits per heavy atom. The van der Waals surface area contributed by atoms with Crippen molar-refractivity contribution in [2.75, 3.05) is 18.6 Å². The van der Waals surface area contributed by atoms with Crippen molar-refractivity contribution in [3.63, 3.8) is 0 Å². The highest BCUT2D eigenvalue weighted by Crippen LogP contribution is 2.33. The molecule has 0 spiro atoms. The molecule has 2 aromatic rings. The number of amides is 2. The third-order valence-corrected chi connectivity index (χ3v) is 4.07. The van der Waals surface area contributed by atoms with Crippen LogP contribution in [0.3, 0.4) is 0 Å². The average Bonchev–Trinajstić information content (AvgIpc) is 2.65. The van der Waals surface area contributed by atoms with Crippen molar-refractivity contribution >= 4 is 17.5 Å². The third kappa shape index (κ3) is 3.74. The first-order chi connectivity index (χ1) is 12.1. The molecule has 130 valence electrons. The van der Waals surface area contributed by atoms with E-state index in [1.165, 1.54) is 6.92 Å². The van der Waals surface area contributed by atoms with Crippen molar-refractivity contribution < 1.29 is 19.1 Å². The third-order valence-electron chi connectivity index (χ3n) is 4.07. The number of methoxy groups -OCH3 is 1. The van der Waals surface area contributed by atoms with E-state index in [1.54, 1.807) is 18.1 Å². The molecule has 1 N–H and O–H groups in total. The molecule has 0 saturated carbocycles. The Balaban J connectivity index is 1.67. The Kier molecular flexibility index (Phi) is 4.88. The van der Waals surface area contributed by atoms with Gasteiger partial charge in [-0.05, 0) is 29.8 Å². The fourth-order valence-electron chi connectivity index (χ4n) is 2.72. The lowest BCUT2D eigenvalue weighted by Gasteiger charge is -2.33. The highest BCUT2D eigenvalue weighted by atomic mass is 16.5. The molecule has 1 heterocycles. The Morgan fingerprint density at radius 1 is 1.20 bits per heavy atom. The summed E-state index contributed by atoms with van der Waals surface area (Å²) in [6.07, 6.45) is -0.739. The lowest BCUT2D eigenvalue weighted by Crippen LogP contribution is -2.50. The molecule has 6 heteroatoms. The molecule has 0 saturated heterocycles. The zero-order valence-electron chi connectivity index (χ0n) is 14.2. The first kappa shape index (κ1) is 16.8. The van der Waals surface area contributed by atoms with Crippen molar-refractivity contribution in [2.24, 2.45) is 0 Å². The van der Waals surface area contributed by atoms with E-state index in [2.05, 4.69) is 5.32 Å². The van der Waals surface area contributed by atoms with E-state index in [0.29, 0.717) is 18.0 Å². The second kappa shape index (κ2) is 7.25. The largest absolute Gasteiger partial charge is 0.497 e. The summed E-state index contributed by atoms with van der Waals surface area (Å²) in [5.74, 6) is 0.924. The van der Waals surface area contributed by atoms with Gasteiger partial charge < -0.3 is 19.7 Å². The quantitative estimate of drug-likeness (QED) is 0.926. The normalized spacial score (nSPS) is 15.8. The van der Waals surface area contributed by atoms with E-state index in [4.69, 9.17) is 9.47 Å². The summed E-state index contributed by atoms with van der Waals surface area (Å²) in [6.45, 7) is 2.06. The molecule has 1 aliphatic heterocycles. The molecule has 2 aromatic carbocycles. The van der Waals surface area contributed by atoms with Gasteiger partial charge in [0.05, 0.1) is 19.3 Å². The maximum absolute atomic E-state index is 12.5. The molecule has 0 unspecified atom stereocenters. The van der Waals surface area contributed by atoms with E-state index in [0.717, 1.165) is 11.3 Å². The van der Waals surface area contributed by atoms with Gasteiger partial charge in [-0.1, -0.05) is 24.3 Å². The number of ether oxygens (including phenoxy) is 2. The van der Waals surface area contributed by atoms with Gasteiger partial charge in [0.2, 0.25) is 5.91 Å². The zero-order chi connectivity index (χ0) is 17.8. The maximum atomic E-state index is 12.5. The Hall–Kier alpha value is -3.02. The van der Waals surface area contributed by atoms with Crippen LogP contribution in [0.25, 0.3) is 0 Å². The van der Waals surface area contributed by atoms with Crippen molar-refractivity contribution in [1.29, 1.82) is 0 Å². The first-order valence-electron chi connectivity index (χ1n) is 8.03. The minimum absolute atomic E-state index is 0.122. The average molecular weight is 340 g/mol. The van der Waals surface area contributed by atoms with Crippen molar-refractivity contribution in [3.05, 3.63) is 54.1 Å². The van der Waals surface area contributed by atoms with E-state index >= 15 is 0 Å². The number of hydrogen-bond acceptors (Lipinski definition) is 4. The highest BCUT2D eigenvalue weighted by molar-refractivity contribution is 5.95. The number of benzene rings is 2. The molecule has 6 nitrogen and oxygen atoms in total. The number of carbonyl (C=O) groups is 2. The van der Waals surface area contributed by atoms with Gasteiger partial charge in [0, 0.05) is 13.5 Å². The summed E-state index contributed by atoms with van der Waals surface area (Å²) in [5.41, 5.74) is 1.64. The minimum atomic E-state index is -0.739. The summed E-state index contributed by atoms with van der Waals surface area (Å²) < 4.78 is 10.9. The second-order valence-corrected chi connectivity index (χ2v) is 5.77. The Labute approximate surface area is 146 Å². The zero-order valence-corrected chi connectivity index (χ0v) is 14.2. The summed E-state index contributed by atoms with van der Waals surface area (Å²) >= 11 is 0. The van der Waals surface area contributed by atoms with Crippen molar-refractivity contribution in [1.82, 2.24) is 5.32 Å². The van der Waals surface area contributed by atoms with E-state index < -0.39 is 6.10 Å². The molecule has 3 rings (SSSR count). The van der Waals surface area contributed by atoms with Crippen LogP contribution in [0.1, 0.15) is 12.5 Å².